The highest BCUT2D eigenvalue weighted by Crippen LogP contribution is 2.36. The van der Waals surface area contributed by atoms with Gasteiger partial charge < -0.3 is 14.8 Å². The van der Waals surface area contributed by atoms with Crippen LogP contribution in [0.15, 0.2) is 42.4 Å². The number of esters is 2. The van der Waals surface area contributed by atoms with Crippen LogP contribution >= 0.6 is 23.2 Å². The lowest BCUT2D eigenvalue weighted by atomic mass is 10.1. The van der Waals surface area contributed by atoms with Gasteiger partial charge >= 0.3 is 11.9 Å². The third-order valence-corrected chi connectivity index (χ3v) is 4.15. The SMILES string of the molecule is CCOC(=O)C(=CNc1cnncc1-c1cccc(Cl)c1Cl)C(=O)OCC. The minimum atomic E-state index is -0.798. The van der Waals surface area contributed by atoms with Gasteiger partial charge in [-0.25, -0.2) is 9.59 Å². The van der Waals surface area contributed by atoms with Crippen LogP contribution in [-0.4, -0.2) is 35.3 Å². The molecule has 1 aromatic heterocycles. The molecule has 9 heteroatoms. The second kappa shape index (κ2) is 9.89. The van der Waals surface area contributed by atoms with Crippen LogP contribution in [0.5, 0.6) is 0 Å². The van der Waals surface area contributed by atoms with Crippen LogP contribution in [0.25, 0.3) is 11.1 Å². The van der Waals surface area contributed by atoms with Gasteiger partial charge in [-0.3, -0.25) is 0 Å². The molecular formula is C18H17Cl2N3O4. The third kappa shape index (κ3) is 5.18. The summed E-state index contributed by atoms with van der Waals surface area (Å²) in [5.74, 6) is -1.60. The van der Waals surface area contributed by atoms with E-state index in [4.69, 9.17) is 32.7 Å². The Bertz CT molecular complexity index is 851. The molecule has 1 aromatic carbocycles. The molecule has 27 heavy (non-hydrogen) atoms. The molecule has 142 valence electrons. The smallest absolute Gasteiger partial charge is 0.347 e. The van der Waals surface area contributed by atoms with Gasteiger partial charge in [-0.1, -0.05) is 35.3 Å². The van der Waals surface area contributed by atoms with E-state index in [-0.39, 0.29) is 18.8 Å². The highest BCUT2D eigenvalue weighted by atomic mass is 35.5. The van der Waals surface area contributed by atoms with Crippen LogP contribution in [0.2, 0.25) is 10.0 Å². The average molecular weight is 410 g/mol. The van der Waals surface area contributed by atoms with Crippen molar-refractivity contribution in [3.05, 3.63) is 52.4 Å². The van der Waals surface area contributed by atoms with E-state index < -0.39 is 11.9 Å². The molecule has 0 amide bonds. The molecule has 0 unspecified atom stereocenters. The summed E-state index contributed by atoms with van der Waals surface area (Å²) in [5, 5.41) is 11.3. The lowest BCUT2D eigenvalue weighted by Gasteiger charge is -2.12. The first-order chi connectivity index (χ1) is 13.0. The minimum Gasteiger partial charge on any atom is -0.462 e. The summed E-state index contributed by atoms with van der Waals surface area (Å²) >= 11 is 12.3. The Morgan fingerprint density at radius 3 is 2.30 bits per heavy atom. The van der Waals surface area contributed by atoms with E-state index in [1.165, 1.54) is 18.6 Å². The van der Waals surface area contributed by atoms with E-state index in [9.17, 15) is 9.59 Å². The molecule has 0 bridgehead atoms. The fraction of sp³-hybridized carbons (Fsp3) is 0.222. The number of benzene rings is 1. The maximum atomic E-state index is 12.0. The number of anilines is 1. The summed E-state index contributed by atoms with van der Waals surface area (Å²) in [7, 11) is 0. The fourth-order valence-electron chi connectivity index (χ4n) is 2.13. The van der Waals surface area contributed by atoms with Gasteiger partial charge in [-0.15, -0.1) is 0 Å². The zero-order chi connectivity index (χ0) is 19.8. The van der Waals surface area contributed by atoms with E-state index >= 15 is 0 Å². The van der Waals surface area contributed by atoms with Gasteiger partial charge in [-0.05, 0) is 19.9 Å². The maximum absolute atomic E-state index is 12.0. The quantitative estimate of drug-likeness (QED) is 0.321. The van der Waals surface area contributed by atoms with Crippen molar-refractivity contribution in [1.82, 2.24) is 10.2 Å². The van der Waals surface area contributed by atoms with Gasteiger partial charge in [0.25, 0.3) is 0 Å². The number of carbonyl (C=O) groups is 2. The summed E-state index contributed by atoms with van der Waals surface area (Å²) in [5.41, 5.74) is 1.38. The van der Waals surface area contributed by atoms with Crippen LogP contribution in [-0.2, 0) is 19.1 Å². The molecule has 0 saturated carbocycles. The zero-order valence-corrected chi connectivity index (χ0v) is 16.2. The maximum Gasteiger partial charge on any atom is 0.347 e. The Morgan fingerprint density at radius 1 is 1.04 bits per heavy atom. The molecule has 2 aromatic rings. The standard InChI is InChI=1S/C18H17Cl2N3O4/c1-3-26-17(24)13(18(25)27-4-2)8-21-15-10-23-22-9-12(15)11-6-5-7-14(19)16(11)20/h5-10H,3-4H2,1-2H3,(H,21,22). The first kappa shape index (κ1) is 20.7. The van der Waals surface area contributed by atoms with Crippen molar-refractivity contribution < 1.29 is 19.1 Å². The van der Waals surface area contributed by atoms with Crippen LogP contribution in [0, 0.1) is 0 Å². The first-order valence-corrected chi connectivity index (χ1v) is 8.81. The van der Waals surface area contributed by atoms with Crippen LogP contribution < -0.4 is 5.32 Å². The molecule has 7 nitrogen and oxygen atoms in total. The second-order valence-corrected chi connectivity index (χ2v) is 5.85. The van der Waals surface area contributed by atoms with Gasteiger partial charge in [0.05, 0.1) is 41.3 Å². The van der Waals surface area contributed by atoms with Gasteiger partial charge in [0.15, 0.2) is 5.57 Å². The number of rotatable bonds is 7. The zero-order valence-electron chi connectivity index (χ0n) is 14.7. The van der Waals surface area contributed by atoms with Crippen molar-refractivity contribution in [2.75, 3.05) is 18.5 Å². The normalized spacial score (nSPS) is 10.1. The van der Waals surface area contributed by atoms with Crippen molar-refractivity contribution in [3.8, 4) is 11.1 Å². The minimum absolute atomic E-state index is 0.121. The van der Waals surface area contributed by atoms with Crippen LogP contribution in [0.3, 0.4) is 0 Å². The summed E-state index contributed by atoms with van der Waals surface area (Å²) in [6.07, 6.45) is 4.12. The molecule has 0 saturated heterocycles. The van der Waals surface area contributed by atoms with Gasteiger partial charge in [0, 0.05) is 17.3 Å². The number of halogens is 2. The topological polar surface area (TPSA) is 90.4 Å². The third-order valence-electron chi connectivity index (χ3n) is 3.33. The van der Waals surface area contributed by atoms with Crippen LogP contribution in [0.4, 0.5) is 5.69 Å². The van der Waals surface area contributed by atoms with Gasteiger partial charge in [-0.2, -0.15) is 10.2 Å². The van der Waals surface area contributed by atoms with Crippen molar-refractivity contribution in [1.29, 1.82) is 0 Å². The number of nitrogens with zero attached hydrogens (tertiary/aromatic N) is 2. The van der Waals surface area contributed by atoms with Crippen LogP contribution in [0.1, 0.15) is 13.8 Å². The Labute approximate surface area is 166 Å². The summed E-state index contributed by atoms with van der Waals surface area (Å²) < 4.78 is 9.79. The predicted molar refractivity (Wildman–Crippen MR) is 102 cm³/mol. The van der Waals surface area contributed by atoms with E-state index in [0.717, 1.165) is 0 Å². The summed E-state index contributed by atoms with van der Waals surface area (Å²) in [6, 6.07) is 5.17. The molecule has 2 rings (SSSR count). The van der Waals surface area contributed by atoms with Crippen molar-refractivity contribution >= 4 is 40.8 Å². The van der Waals surface area contributed by atoms with Crippen molar-refractivity contribution in [3.63, 3.8) is 0 Å². The lowest BCUT2D eigenvalue weighted by Crippen LogP contribution is -2.19. The van der Waals surface area contributed by atoms with Gasteiger partial charge in [0.1, 0.15) is 0 Å². The molecule has 0 atom stereocenters. The molecule has 0 fully saturated rings. The number of ether oxygens (including phenoxy) is 2. The molecule has 0 radical (unpaired) electrons. The molecule has 0 aliphatic heterocycles. The molecule has 0 spiro atoms. The van der Waals surface area contributed by atoms with Crippen molar-refractivity contribution in [2.45, 2.75) is 13.8 Å². The summed E-state index contributed by atoms with van der Waals surface area (Å²) in [6.45, 7) is 3.52. The Hall–Kier alpha value is -2.64. The van der Waals surface area contributed by atoms with Gasteiger partial charge in [0.2, 0.25) is 0 Å². The van der Waals surface area contributed by atoms with E-state index in [0.29, 0.717) is 26.9 Å². The second-order valence-electron chi connectivity index (χ2n) is 5.06. The number of hydrogen-bond acceptors (Lipinski definition) is 7. The molecule has 0 aliphatic rings. The first-order valence-electron chi connectivity index (χ1n) is 8.05. The van der Waals surface area contributed by atoms with E-state index in [1.54, 1.807) is 32.0 Å². The van der Waals surface area contributed by atoms with E-state index in [2.05, 4.69) is 15.5 Å². The fourth-order valence-corrected chi connectivity index (χ4v) is 2.53. The highest BCUT2D eigenvalue weighted by molar-refractivity contribution is 6.43. The number of aromatic nitrogens is 2. The monoisotopic (exact) mass is 409 g/mol. The molecule has 1 N–H and O–H groups in total. The van der Waals surface area contributed by atoms with E-state index in [1.807, 2.05) is 0 Å². The Morgan fingerprint density at radius 2 is 1.67 bits per heavy atom. The molecule has 0 aliphatic carbocycles. The molecule has 1 heterocycles. The average Bonchev–Trinajstić information content (AvgIpc) is 2.65. The Balaban J connectivity index is 2.41. The lowest BCUT2D eigenvalue weighted by molar-refractivity contribution is -0.146. The highest BCUT2D eigenvalue weighted by Gasteiger charge is 2.21. The Kier molecular flexibility index (Phi) is 7.57. The number of carbonyl (C=O) groups excluding carboxylic acids is 2. The number of nitrogens with one attached hydrogen (secondary N) is 1. The van der Waals surface area contributed by atoms with Crippen molar-refractivity contribution in [2.24, 2.45) is 0 Å². The predicted octanol–water partition coefficient (Wildman–Crippen LogP) is 3.87. The summed E-state index contributed by atoms with van der Waals surface area (Å²) in [4.78, 5) is 24.1. The number of hydrogen-bond donors (Lipinski definition) is 1. The largest absolute Gasteiger partial charge is 0.462 e. The molecular weight excluding hydrogens is 393 g/mol.